The van der Waals surface area contributed by atoms with Crippen LogP contribution in [0.15, 0.2) is 66.0 Å². The Morgan fingerprint density at radius 3 is 2.50 bits per heavy atom. The molecule has 1 heterocycles. The summed E-state index contributed by atoms with van der Waals surface area (Å²) in [6.45, 7) is 0.325. The monoisotopic (exact) mass is 309 g/mol. The van der Waals surface area contributed by atoms with Gasteiger partial charge in [-0.15, -0.1) is 11.3 Å². The maximum atomic E-state index is 12.5. The zero-order valence-electron chi connectivity index (χ0n) is 11.9. The molecular weight excluding hydrogens is 294 g/mol. The Labute approximate surface area is 133 Å². The predicted octanol–water partition coefficient (Wildman–Crippen LogP) is 4.14. The molecule has 3 rings (SSSR count). The Hall–Kier alpha value is -2.59. The molecule has 0 radical (unpaired) electrons. The lowest BCUT2D eigenvalue weighted by Crippen LogP contribution is -2.05. The van der Waals surface area contributed by atoms with Gasteiger partial charge in [0.15, 0.2) is 0 Å². The van der Waals surface area contributed by atoms with Crippen LogP contribution in [0.25, 0.3) is 0 Å². The van der Waals surface area contributed by atoms with Gasteiger partial charge in [-0.25, -0.2) is 0 Å². The van der Waals surface area contributed by atoms with Crippen LogP contribution in [-0.4, -0.2) is 5.78 Å². The number of para-hydroxylation sites is 2. The van der Waals surface area contributed by atoms with Gasteiger partial charge in [-0.1, -0.05) is 42.5 Å². The third-order valence-corrected chi connectivity index (χ3v) is 4.25. The number of rotatable bonds is 5. The van der Waals surface area contributed by atoms with Crippen LogP contribution in [0.5, 0.6) is 5.75 Å². The van der Waals surface area contributed by atoms with Gasteiger partial charge in [-0.2, -0.15) is 0 Å². The number of nitrogens with two attached hydrogens (primary N) is 1. The van der Waals surface area contributed by atoms with E-state index in [0.717, 1.165) is 5.56 Å². The Morgan fingerprint density at radius 2 is 1.73 bits per heavy atom. The molecule has 0 bridgehead atoms. The summed E-state index contributed by atoms with van der Waals surface area (Å²) in [5, 5.41) is 1.91. The van der Waals surface area contributed by atoms with Crippen LogP contribution in [0.2, 0.25) is 0 Å². The van der Waals surface area contributed by atoms with Crippen molar-refractivity contribution in [3.8, 4) is 5.75 Å². The van der Waals surface area contributed by atoms with Crippen LogP contribution >= 0.6 is 11.3 Å². The molecular formula is C18H15NO2S. The Bertz CT molecular complexity index is 781. The summed E-state index contributed by atoms with van der Waals surface area (Å²) in [6, 6.07) is 18.5. The molecule has 0 aliphatic heterocycles. The molecule has 0 unspecified atom stereocenters. The van der Waals surface area contributed by atoms with E-state index >= 15 is 0 Å². The molecule has 2 N–H and O–H groups in total. The zero-order valence-corrected chi connectivity index (χ0v) is 12.7. The summed E-state index contributed by atoms with van der Waals surface area (Å²) in [7, 11) is 0. The van der Waals surface area contributed by atoms with E-state index in [-0.39, 0.29) is 5.78 Å². The van der Waals surface area contributed by atoms with Gasteiger partial charge >= 0.3 is 0 Å². The second-order valence-electron chi connectivity index (χ2n) is 4.80. The molecule has 4 heteroatoms. The molecule has 0 aliphatic rings. The highest BCUT2D eigenvalue weighted by Crippen LogP contribution is 2.25. The van der Waals surface area contributed by atoms with E-state index in [1.54, 1.807) is 6.07 Å². The van der Waals surface area contributed by atoms with Gasteiger partial charge in [0.25, 0.3) is 0 Å². The lowest BCUT2D eigenvalue weighted by Gasteiger charge is -2.09. The quantitative estimate of drug-likeness (QED) is 0.569. The number of hydrogen-bond donors (Lipinski definition) is 1. The smallest absolute Gasteiger partial charge is 0.203 e. The Balaban J connectivity index is 1.78. The van der Waals surface area contributed by atoms with Crippen molar-refractivity contribution in [2.45, 2.75) is 6.61 Å². The van der Waals surface area contributed by atoms with Crippen molar-refractivity contribution in [3.05, 3.63) is 82.0 Å². The SMILES string of the molecule is Nc1ccccc1OCc1ccsc1C(=O)c1ccccc1. The third-order valence-electron chi connectivity index (χ3n) is 3.29. The van der Waals surface area contributed by atoms with Gasteiger partial charge in [-0.05, 0) is 23.6 Å². The van der Waals surface area contributed by atoms with Crippen LogP contribution in [-0.2, 0) is 6.61 Å². The van der Waals surface area contributed by atoms with E-state index in [0.29, 0.717) is 28.5 Å². The fraction of sp³-hybridized carbons (Fsp3) is 0.0556. The minimum atomic E-state index is 0.0234. The number of anilines is 1. The number of hydrogen-bond acceptors (Lipinski definition) is 4. The number of carbonyl (C=O) groups is 1. The maximum absolute atomic E-state index is 12.5. The number of ketones is 1. The lowest BCUT2D eigenvalue weighted by atomic mass is 10.1. The van der Waals surface area contributed by atoms with Crippen molar-refractivity contribution in [1.82, 2.24) is 0 Å². The van der Waals surface area contributed by atoms with Crippen LogP contribution in [0, 0.1) is 0 Å². The number of ether oxygens (including phenoxy) is 1. The molecule has 2 aromatic carbocycles. The molecule has 3 nitrogen and oxygen atoms in total. The second kappa shape index (κ2) is 6.45. The predicted molar refractivity (Wildman–Crippen MR) is 89.4 cm³/mol. The van der Waals surface area contributed by atoms with Crippen molar-refractivity contribution in [2.75, 3.05) is 5.73 Å². The third kappa shape index (κ3) is 3.02. The number of nitrogen functional groups attached to an aromatic ring is 1. The van der Waals surface area contributed by atoms with E-state index in [2.05, 4.69) is 0 Å². The molecule has 0 amide bonds. The van der Waals surface area contributed by atoms with Crippen molar-refractivity contribution < 1.29 is 9.53 Å². The van der Waals surface area contributed by atoms with Crippen molar-refractivity contribution in [2.24, 2.45) is 0 Å². The minimum absolute atomic E-state index is 0.0234. The summed E-state index contributed by atoms with van der Waals surface area (Å²) >= 11 is 1.43. The van der Waals surface area contributed by atoms with Gasteiger partial charge in [-0.3, -0.25) is 4.79 Å². The number of thiophene rings is 1. The molecule has 0 saturated heterocycles. The molecule has 0 spiro atoms. The van der Waals surface area contributed by atoms with Crippen LogP contribution in [0.4, 0.5) is 5.69 Å². The Morgan fingerprint density at radius 1 is 1.00 bits per heavy atom. The molecule has 22 heavy (non-hydrogen) atoms. The molecule has 1 aromatic heterocycles. The molecule has 0 saturated carbocycles. The summed E-state index contributed by atoms with van der Waals surface area (Å²) in [5.74, 6) is 0.655. The van der Waals surface area contributed by atoms with Crippen molar-refractivity contribution >= 4 is 22.8 Å². The largest absolute Gasteiger partial charge is 0.487 e. The molecule has 0 fully saturated rings. The van der Waals surface area contributed by atoms with E-state index in [1.807, 2.05) is 60.0 Å². The Kier molecular flexibility index (Phi) is 4.21. The average Bonchev–Trinajstić information content (AvgIpc) is 3.03. The highest BCUT2D eigenvalue weighted by molar-refractivity contribution is 7.12. The molecule has 3 aromatic rings. The van der Waals surface area contributed by atoms with Gasteiger partial charge in [0, 0.05) is 11.1 Å². The second-order valence-corrected chi connectivity index (χ2v) is 5.71. The summed E-state index contributed by atoms with van der Waals surface area (Å²) in [6.07, 6.45) is 0. The summed E-state index contributed by atoms with van der Waals surface area (Å²) in [5.41, 5.74) is 8.01. The zero-order chi connectivity index (χ0) is 15.4. The minimum Gasteiger partial charge on any atom is -0.487 e. The van der Waals surface area contributed by atoms with Gasteiger partial charge in [0.1, 0.15) is 12.4 Å². The van der Waals surface area contributed by atoms with Gasteiger partial charge in [0.05, 0.1) is 10.6 Å². The van der Waals surface area contributed by atoms with Crippen LogP contribution in [0.3, 0.4) is 0 Å². The topological polar surface area (TPSA) is 52.3 Å². The van der Waals surface area contributed by atoms with Gasteiger partial charge < -0.3 is 10.5 Å². The van der Waals surface area contributed by atoms with E-state index in [9.17, 15) is 4.79 Å². The first-order valence-electron chi connectivity index (χ1n) is 6.89. The fourth-order valence-corrected chi connectivity index (χ4v) is 3.01. The van der Waals surface area contributed by atoms with Crippen LogP contribution < -0.4 is 10.5 Å². The number of carbonyl (C=O) groups excluding carboxylic acids is 1. The van der Waals surface area contributed by atoms with E-state index < -0.39 is 0 Å². The van der Waals surface area contributed by atoms with Crippen LogP contribution in [0.1, 0.15) is 20.8 Å². The van der Waals surface area contributed by atoms with Crippen molar-refractivity contribution in [3.63, 3.8) is 0 Å². The maximum Gasteiger partial charge on any atom is 0.203 e. The molecule has 110 valence electrons. The van der Waals surface area contributed by atoms with E-state index in [1.165, 1.54) is 11.3 Å². The average molecular weight is 309 g/mol. The first-order chi connectivity index (χ1) is 10.8. The normalized spacial score (nSPS) is 10.4. The lowest BCUT2D eigenvalue weighted by molar-refractivity contribution is 0.104. The first-order valence-corrected chi connectivity index (χ1v) is 7.77. The highest BCUT2D eigenvalue weighted by atomic mass is 32.1. The van der Waals surface area contributed by atoms with Crippen molar-refractivity contribution in [1.29, 1.82) is 0 Å². The molecule has 0 atom stereocenters. The fourth-order valence-electron chi connectivity index (χ4n) is 2.14. The summed E-state index contributed by atoms with van der Waals surface area (Å²) < 4.78 is 5.74. The number of benzene rings is 2. The highest BCUT2D eigenvalue weighted by Gasteiger charge is 2.15. The first kappa shape index (κ1) is 14.4. The standard InChI is InChI=1S/C18H15NO2S/c19-15-8-4-5-9-16(15)21-12-14-10-11-22-18(14)17(20)13-6-2-1-3-7-13/h1-11H,12,19H2. The van der Waals surface area contributed by atoms with Gasteiger partial charge in [0.2, 0.25) is 5.78 Å². The van der Waals surface area contributed by atoms with E-state index in [4.69, 9.17) is 10.5 Å². The summed E-state index contributed by atoms with van der Waals surface area (Å²) in [4.78, 5) is 13.2. The molecule has 0 aliphatic carbocycles.